The Bertz CT molecular complexity index is 698. The third kappa shape index (κ3) is 2.97. The van der Waals surface area contributed by atoms with Crippen LogP contribution in [-0.4, -0.2) is 17.8 Å². The standard InChI is InChI=1S/C17H19N3O3/c1-17(15(22)19-16(23)20-17)12-8-5-9-13(10-12)18-14(21)11-6-3-2-4-7-11/h2-3,5,8-11H,4,6-7H2,1H3,(H,18,21)(H2,19,20,22,23)/t11-,17+/m0/s1. The van der Waals surface area contributed by atoms with E-state index in [-0.39, 0.29) is 11.8 Å². The lowest BCUT2D eigenvalue weighted by Crippen LogP contribution is -2.40. The average molecular weight is 313 g/mol. The molecular formula is C17H19N3O3. The molecule has 0 unspecified atom stereocenters. The SMILES string of the molecule is C[C@]1(c2cccc(NC(=O)[C@H]3CC=CCC3)c2)NC(=O)NC1=O. The van der Waals surface area contributed by atoms with Gasteiger partial charge in [0, 0.05) is 11.6 Å². The van der Waals surface area contributed by atoms with Crippen molar-refractivity contribution in [3.63, 3.8) is 0 Å². The Morgan fingerprint density at radius 1 is 1.30 bits per heavy atom. The summed E-state index contributed by atoms with van der Waals surface area (Å²) in [7, 11) is 0. The molecule has 0 spiro atoms. The summed E-state index contributed by atoms with van der Waals surface area (Å²) in [5.41, 5.74) is 0.130. The third-order valence-corrected chi connectivity index (χ3v) is 4.39. The second kappa shape index (κ2) is 5.87. The molecule has 6 nitrogen and oxygen atoms in total. The van der Waals surface area contributed by atoms with Gasteiger partial charge >= 0.3 is 6.03 Å². The molecule has 1 aliphatic carbocycles. The highest BCUT2D eigenvalue weighted by Crippen LogP contribution is 2.27. The number of rotatable bonds is 3. The molecule has 1 fully saturated rings. The molecule has 1 aliphatic heterocycles. The van der Waals surface area contributed by atoms with Gasteiger partial charge in [0.05, 0.1) is 0 Å². The Hall–Kier alpha value is -2.63. The fourth-order valence-corrected chi connectivity index (χ4v) is 2.93. The van der Waals surface area contributed by atoms with Crippen LogP contribution >= 0.6 is 0 Å². The van der Waals surface area contributed by atoms with E-state index in [2.05, 4.69) is 22.0 Å². The maximum absolute atomic E-state index is 12.3. The molecular weight excluding hydrogens is 294 g/mol. The Labute approximate surface area is 134 Å². The minimum absolute atomic E-state index is 0.0171. The first-order valence-corrected chi connectivity index (χ1v) is 7.69. The molecule has 1 aromatic rings. The van der Waals surface area contributed by atoms with Gasteiger partial charge in [-0.2, -0.15) is 0 Å². The highest BCUT2D eigenvalue weighted by molar-refractivity contribution is 6.07. The summed E-state index contributed by atoms with van der Waals surface area (Å²) in [5, 5.41) is 7.75. The monoisotopic (exact) mass is 313 g/mol. The number of urea groups is 1. The number of amides is 4. The highest BCUT2D eigenvalue weighted by Gasteiger charge is 2.43. The molecule has 23 heavy (non-hydrogen) atoms. The zero-order chi connectivity index (χ0) is 16.4. The summed E-state index contributed by atoms with van der Waals surface area (Å²) < 4.78 is 0. The Balaban J connectivity index is 1.78. The van der Waals surface area contributed by atoms with E-state index in [0.29, 0.717) is 11.3 Å². The average Bonchev–Trinajstić information content (AvgIpc) is 2.82. The van der Waals surface area contributed by atoms with Crippen molar-refractivity contribution >= 4 is 23.5 Å². The number of benzene rings is 1. The third-order valence-electron chi connectivity index (χ3n) is 4.39. The molecule has 0 saturated carbocycles. The van der Waals surface area contributed by atoms with E-state index in [4.69, 9.17) is 0 Å². The van der Waals surface area contributed by atoms with Crippen LogP contribution in [0.25, 0.3) is 0 Å². The summed E-state index contributed by atoms with van der Waals surface area (Å²) >= 11 is 0. The summed E-state index contributed by atoms with van der Waals surface area (Å²) in [4.78, 5) is 35.7. The second-order valence-corrected chi connectivity index (χ2v) is 6.08. The number of hydrogen-bond acceptors (Lipinski definition) is 3. The molecule has 0 radical (unpaired) electrons. The van der Waals surface area contributed by atoms with E-state index in [1.807, 2.05) is 6.08 Å². The lowest BCUT2D eigenvalue weighted by molar-refractivity contribution is -0.123. The van der Waals surface area contributed by atoms with Crippen LogP contribution in [0.1, 0.15) is 31.7 Å². The van der Waals surface area contributed by atoms with E-state index in [0.717, 1.165) is 19.3 Å². The largest absolute Gasteiger partial charge is 0.326 e. The van der Waals surface area contributed by atoms with E-state index in [1.165, 1.54) is 0 Å². The number of imide groups is 1. The van der Waals surface area contributed by atoms with Crippen molar-refractivity contribution in [2.75, 3.05) is 5.32 Å². The second-order valence-electron chi connectivity index (χ2n) is 6.08. The van der Waals surface area contributed by atoms with Crippen molar-refractivity contribution < 1.29 is 14.4 Å². The van der Waals surface area contributed by atoms with Crippen LogP contribution in [0.5, 0.6) is 0 Å². The van der Waals surface area contributed by atoms with Crippen molar-refractivity contribution in [1.82, 2.24) is 10.6 Å². The van der Waals surface area contributed by atoms with Crippen LogP contribution in [0.2, 0.25) is 0 Å². The number of carbonyl (C=O) groups excluding carboxylic acids is 3. The number of nitrogens with one attached hydrogen (secondary N) is 3. The summed E-state index contributed by atoms with van der Waals surface area (Å²) in [6.45, 7) is 1.64. The zero-order valence-corrected chi connectivity index (χ0v) is 12.9. The maximum Gasteiger partial charge on any atom is 0.322 e. The quantitative estimate of drug-likeness (QED) is 0.589. The van der Waals surface area contributed by atoms with Gasteiger partial charge in [0.2, 0.25) is 5.91 Å². The minimum atomic E-state index is -1.12. The predicted octanol–water partition coefficient (Wildman–Crippen LogP) is 2.04. The van der Waals surface area contributed by atoms with Crippen LogP contribution in [0.15, 0.2) is 36.4 Å². The number of hydrogen-bond donors (Lipinski definition) is 3. The van der Waals surface area contributed by atoms with Gasteiger partial charge in [-0.1, -0.05) is 24.3 Å². The molecule has 6 heteroatoms. The minimum Gasteiger partial charge on any atom is -0.326 e. The van der Waals surface area contributed by atoms with Crippen molar-refractivity contribution in [2.24, 2.45) is 5.92 Å². The van der Waals surface area contributed by atoms with E-state index in [9.17, 15) is 14.4 Å². The first kappa shape index (κ1) is 15.3. The lowest BCUT2D eigenvalue weighted by atomic mass is 9.91. The first-order chi connectivity index (χ1) is 11.0. The highest BCUT2D eigenvalue weighted by atomic mass is 16.2. The molecule has 120 valence electrons. The van der Waals surface area contributed by atoms with Gasteiger partial charge in [0.1, 0.15) is 5.54 Å². The Morgan fingerprint density at radius 2 is 2.13 bits per heavy atom. The van der Waals surface area contributed by atoms with E-state index < -0.39 is 17.5 Å². The number of carbonyl (C=O) groups is 3. The Morgan fingerprint density at radius 3 is 2.78 bits per heavy atom. The fourth-order valence-electron chi connectivity index (χ4n) is 2.93. The van der Waals surface area contributed by atoms with Crippen molar-refractivity contribution in [1.29, 1.82) is 0 Å². The molecule has 2 atom stereocenters. The number of anilines is 1. The van der Waals surface area contributed by atoms with Gasteiger partial charge < -0.3 is 10.6 Å². The van der Waals surface area contributed by atoms with Crippen LogP contribution < -0.4 is 16.0 Å². The van der Waals surface area contributed by atoms with Crippen LogP contribution in [0, 0.1) is 5.92 Å². The fraction of sp³-hybridized carbons (Fsp3) is 0.353. The first-order valence-electron chi connectivity index (χ1n) is 7.69. The van der Waals surface area contributed by atoms with Crippen LogP contribution in [0.4, 0.5) is 10.5 Å². The van der Waals surface area contributed by atoms with Gasteiger partial charge in [-0.3, -0.25) is 14.9 Å². The topological polar surface area (TPSA) is 87.3 Å². The van der Waals surface area contributed by atoms with Crippen molar-refractivity contribution in [3.05, 3.63) is 42.0 Å². The van der Waals surface area contributed by atoms with Crippen LogP contribution in [-0.2, 0) is 15.1 Å². The summed E-state index contributed by atoms with van der Waals surface area (Å²) in [6, 6.07) is 6.50. The molecule has 1 aromatic carbocycles. The van der Waals surface area contributed by atoms with Gasteiger partial charge in [0.25, 0.3) is 5.91 Å². The maximum atomic E-state index is 12.3. The van der Waals surface area contributed by atoms with Gasteiger partial charge in [-0.15, -0.1) is 0 Å². The summed E-state index contributed by atoms with van der Waals surface area (Å²) in [5.74, 6) is -0.436. The van der Waals surface area contributed by atoms with Gasteiger partial charge in [-0.05, 0) is 43.9 Å². The van der Waals surface area contributed by atoms with E-state index in [1.54, 1.807) is 31.2 Å². The molecule has 4 amide bonds. The molecule has 1 saturated heterocycles. The Kier molecular flexibility index (Phi) is 3.90. The molecule has 3 rings (SSSR count). The van der Waals surface area contributed by atoms with Crippen molar-refractivity contribution in [2.45, 2.75) is 31.7 Å². The van der Waals surface area contributed by atoms with Gasteiger partial charge in [-0.25, -0.2) is 4.79 Å². The smallest absolute Gasteiger partial charge is 0.322 e. The lowest BCUT2D eigenvalue weighted by Gasteiger charge is -2.22. The molecule has 0 bridgehead atoms. The van der Waals surface area contributed by atoms with Crippen molar-refractivity contribution in [3.8, 4) is 0 Å². The molecule has 1 heterocycles. The van der Waals surface area contributed by atoms with Crippen LogP contribution in [0.3, 0.4) is 0 Å². The zero-order valence-electron chi connectivity index (χ0n) is 12.9. The molecule has 0 aromatic heterocycles. The molecule has 2 aliphatic rings. The number of allylic oxidation sites excluding steroid dienone is 2. The summed E-state index contributed by atoms with van der Waals surface area (Å²) in [6.07, 6.45) is 6.64. The van der Waals surface area contributed by atoms with E-state index >= 15 is 0 Å². The van der Waals surface area contributed by atoms with Gasteiger partial charge in [0.15, 0.2) is 0 Å². The predicted molar refractivity (Wildman–Crippen MR) is 85.6 cm³/mol. The molecule has 3 N–H and O–H groups in total. The normalized spacial score (nSPS) is 26.6.